The molecule has 0 spiro atoms. The van der Waals surface area contributed by atoms with E-state index in [1.807, 2.05) is 38.1 Å². The smallest absolute Gasteiger partial charge is 0.303 e. The van der Waals surface area contributed by atoms with E-state index in [0.29, 0.717) is 13.0 Å². The van der Waals surface area contributed by atoms with Crippen LogP contribution in [0.3, 0.4) is 0 Å². The van der Waals surface area contributed by atoms with E-state index in [1.54, 1.807) is 0 Å². The van der Waals surface area contributed by atoms with Gasteiger partial charge in [0.2, 0.25) is 0 Å². The molecular formula is C14H21NO3. The molecule has 1 aromatic rings. The lowest BCUT2D eigenvalue weighted by molar-refractivity contribution is -0.137. The van der Waals surface area contributed by atoms with Crippen molar-refractivity contribution in [2.75, 3.05) is 6.54 Å². The van der Waals surface area contributed by atoms with Crippen molar-refractivity contribution in [3.8, 4) is 5.75 Å². The van der Waals surface area contributed by atoms with Crippen molar-refractivity contribution in [2.45, 2.75) is 39.3 Å². The summed E-state index contributed by atoms with van der Waals surface area (Å²) >= 11 is 0. The highest BCUT2D eigenvalue weighted by Crippen LogP contribution is 2.14. The minimum Gasteiger partial charge on any atom is -0.491 e. The maximum Gasteiger partial charge on any atom is 0.303 e. The highest BCUT2D eigenvalue weighted by molar-refractivity contribution is 5.66. The summed E-state index contributed by atoms with van der Waals surface area (Å²) in [4.78, 5) is 10.3. The van der Waals surface area contributed by atoms with Crippen molar-refractivity contribution >= 4 is 5.97 Å². The molecule has 0 atom stereocenters. The molecule has 4 nitrogen and oxygen atoms in total. The summed E-state index contributed by atoms with van der Waals surface area (Å²) < 4.78 is 5.61. The lowest BCUT2D eigenvalue weighted by atomic mass is 10.2. The first-order chi connectivity index (χ1) is 8.58. The lowest BCUT2D eigenvalue weighted by Gasteiger charge is -2.11. The van der Waals surface area contributed by atoms with Gasteiger partial charge in [-0.1, -0.05) is 12.1 Å². The normalized spacial score (nSPS) is 10.6. The van der Waals surface area contributed by atoms with Crippen molar-refractivity contribution in [2.24, 2.45) is 0 Å². The van der Waals surface area contributed by atoms with Crippen LogP contribution < -0.4 is 10.1 Å². The molecule has 100 valence electrons. The highest BCUT2D eigenvalue weighted by atomic mass is 16.5. The van der Waals surface area contributed by atoms with E-state index in [-0.39, 0.29) is 12.5 Å². The molecular weight excluding hydrogens is 230 g/mol. The fraction of sp³-hybridized carbons (Fsp3) is 0.500. The summed E-state index contributed by atoms with van der Waals surface area (Å²) in [5, 5.41) is 11.7. The van der Waals surface area contributed by atoms with E-state index in [4.69, 9.17) is 9.84 Å². The predicted octanol–water partition coefficient (Wildman–Crippen LogP) is 2.43. The van der Waals surface area contributed by atoms with E-state index in [1.165, 1.54) is 0 Å². The summed E-state index contributed by atoms with van der Waals surface area (Å²) in [7, 11) is 0. The van der Waals surface area contributed by atoms with E-state index in [9.17, 15) is 4.79 Å². The Hall–Kier alpha value is -1.55. The summed E-state index contributed by atoms with van der Waals surface area (Å²) in [6.07, 6.45) is 1.03. The first-order valence-electron chi connectivity index (χ1n) is 6.26. The largest absolute Gasteiger partial charge is 0.491 e. The van der Waals surface area contributed by atoms with Gasteiger partial charge >= 0.3 is 5.97 Å². The minimum atomic E-state index is -0.746. The average molecular weight is 251 g/mol. The van der Waals surface area contributed by atoms with E-state index >= 15 is 0 Å². The quantitative estimate of drug-likeness (QED) is 0.697. The SMILES string of the molecule is CC(C)Oc1cccc(CNCCCC(=O)O)c1. The summed E-state index contributed by atoms with van der Waals surface area (Å²) in [6, 6.07) is 7.93. The van der Waals surface area contributed by atoms with Crippen molar-refractivity contribution < 1.29 is 14.6 Å². The van der Waals surface area contributed by atoms with Crippen molar-refractivity contribution in [1.82, 2.24) is 5.32 Å². The van der Waals surface area contributed by atoms with Crippen LogP contribution in [0.5, 0.6) is 5.75 Å². The third-order valence-corrected chi connectivity index (χ3v) is 2.34. The van der Waals surface area contributed by atoms with Crippen molar-refractivity contribution in [3.05, 3.63) is 29.8 Å². The van der Waals surface area contributed by atoms with Crippen LogP contribution in [0, 0.1) is 0 Å². The summed E-state index contributed by atoms with van der Waals surface area (Å²) in [5.74, 6) is 0.124. The number of carboxylic acids is 1. The van der Waals surface area contributed by atoms with Gasteiger partial charge in [-0.15, -0.1) is 0 Å². The molecule has 0 heterocycles. The van der Waals surface area contributed by atoms with E-state index in [2.05, 4.69) is 5.32 Å². The topological polar surface area (TPSA) is 58.6 Å². The van der Waals surface area contributed by atoms with E-state index < -0.39 is 5.97 Å². The zero-order valence-corrected chi connectivity index (χ0v) is 11.0. The van der Waals surface area contributed by atoms with Gasteiger partial charge in [0.05, 0.1) is 6.10 Å². The van der Waals surface area contributed by atoms with Gasteiger partial charge in [-0.05, 0) is 44.5 Å². The van der Waals surface area contributed by atoms with E-state index in [0.717, 1.165) is 17.9 Å². The summed E-state index contributed by atoms with van der Waals surface area (Å²) in [5.41, 5.74) is 1.14. The number of nitrogens with one attached hydrogen (secondary N) is 1. The minimum absolute atomic E-state index is 0.170. The molecule has 1 rings (SSSR count). The second-order valence-corrected chi connectivity index (χ2v) is 4.49. The van der Waals surface area contributed by atoms with Crippen LogP contribution in [0.15, 0.2) is 24.3 Å². The van der Waals surface area contributed by atoms with Crippen LogP contribution in [0.4, 0.5) is 0 Å². The van der Waals surface area contributed by atoms with Gasteiger partial charge in [0, 0.05) is 13.0 Å². The van der Waals surface area contributed by atoms with Crippen LogP contribution >= 0.6 is 0 Å². The number of rotatable bonds is 8. The summed E-state index contributed by atoms with van der Waals surface area (Å²) in [6.45, 7) is 5.43. The number of hydrogen-bond acceptors (Lipinski definition) is 3. The molecule has 0 fully saturated rings. The van der Waals surface area contributed by atoms with Crippen LogP contribution in [0.1, 0.15) is 32.3 Å². The number of carbonyl (C=O) groups is 1. The van der Waals surface area contributed by atoms with Crippen LogP contribution in [-0.2, 0) is 11.3 Å². The molecule has 1 aromatic carbocycles. The fourth-order valence-corrected chi connectivity index (χ4v) is 1.60. The molecule has 0 aromatic heterocycles. The maximum absolute atomic E-state index is 10.3. The average Bonchev–Trinajstić information content (AvgIpc) is 2.27. The van der Waals surface area contributed by atoms with Gasteiger partial charge in [-0.25, -0.2) is 0 Å². The molecule has 0 radical (unpaired) electrons. The Morgan fingerprint density at radius 3 is 2.89 bits per heavy atom. The monoisotopic (exact) mass is 251 g/mol. The lowest BCUT2D eigenvalue weighted by Crippen LogP contribution is -2.16. The standard InChI is InChI=1S/C14H21NO3/c1-11(2)18-13-6-3-5-12(9-13)10-15-8-4-7-14(16)17/h3,5-6,9,11,15H,4,7-8,10H2,1-2H3,(H,16,17). The van der Waals surface area contributed by atoms with Crippen molar-refractivity contribution in [3.63, 3.8) is 0 Å². The third kappa shape index (κ3) is 6.25. The molecule has 0 saturated carbocycles. The second-order valence-electron chi connectivity index (χ2n) is 4.49. The van der Waals surface area contributed by atoms with Gasteiger partial charge < -0.3 is 15.2 Å². The Labute approximate surface area is 108 Å². The molecule has 4 heteroatoms. The number of hydrogen-bond donors (Lipinski definition) is 2. The van der Waals surface area contributed by atoms with Crippen LogP contribution in [-0.4, -0.2) is 23.7 Å². The Bertz CT molecular complexity index is 377. The predicted molar refractivity (Wildman–Crippen MR) is 70.8 cm³/mol. The number of aliphatic carboxylic acids is 1. The molecule has 0 saturated heterocycles. The zero-order valence-electron chi connectivity index (χ0n) is 11.0. The molecule has 0 aliphatic rings. The fourth-order valence-electron chi connectivity index (χ4n) is 1.60. The van der Waals surface area contributed by atoms with Crippen LogP contribution in [0.2, 0.25) is 0 Å². The molecule has 0 aliphatic carbocycles. The molecule has 0 unspecified atom stereocenters. The van der Waals surface area contributed by atoms with Crippen molar-refractivity contribution in [1.29, 1.82) is 0 Å². The molecule has 0 amide bonds. The number of carboxylic acid groups (broad SMARTS) is 1. The highest BCUT2D eigenvalue weighted by Gasteiger charge is 2.00. The molecule has 2 N–H and O–H groups in total. The maximum atomic E-state index is 10.3. The Morgan fingerprint density at radius 2 is 2.22 bits per heavy atom. The Kier molecular flexibility index (Phi) is 6.22. The molecule has 18 heavy (non-hydrogen) atoms. The van der Waals surface area contributed by atoms with Gasteiger partial charge in [0.25, 0.3) is 0 Å². The van der Waals surface area contributed by atoms with Gasteiger partial charge in [0.1, 0.15) is 5.75 Å². The molecule has 0 aliphatic heterocycles. The number of ether oxygens (including phenoxy) is 1. The first-order valence-corrected chi connectivity index (χ1v) is 6.26. The number of benzene rings is 1. The second kappa shape index (κ2) is 7.71. The Morgan fingerprint density at radius 1 is 1.44 bits per heavy atom. The zero-order chi connectivity index (χ0) is 13.4. The van der Waals surface area contributed by atoms with Gasteiger partial charge in [-0.2, -0.15) is 0 Å². The van der Waals surface area contributed by atoms with Gasteiger partial charge in [-0.3, -0.25) is 4.79 Å². The third-order valence-electron chi connectivity index (χ3n) is 2.34. The van der Waals surface area contributed by atoms with Gasteiger partial charge in [0.15, 0.2) is 0 Å². The van der Waals surface area contributed by atoms with Crippen LogP contribution in [0.25, 0.3) is 0 Å². The Balaban J connectivity index is 2.31. The first kappa shape index (κ1) is 14.5. The molecule has 0 bridgehead atoms.